The van der Waals surface area contributed by atoms with Crippen LogP contribution in [0, 0.1) is 13.8 Å². The molecule has 0 saturated heterocycles. The molecule has 0 aromatic carbocycles. The van der Waals surface area contributed by atoms with E-state index in [-0.39, 0.29) is 5.75 Å². The largest absolute Gasteiger partial charge is 0.496 e. The zero-order chi connectivity index (χ0) is 11.6. The van der Waals surface area contributed by atoms with Crippen LogP contribution in [0.5, 0.6) is 5.75 Å². The lowest BCUT2D eigenvalue weighted by atomic mass is 10.1. The molecule has 0 unspecified atom stereocenters. The van der Waals surface area contributed by atoms with Gasteiger partial charge in [-0.15, -0.1) is 0 Å². The van der Waals surface area contributed by atoms with Crippen LogP contribution in [0.1, 0.15) is 16.8 Å². The third kappa shape index (κ3) is 3.07. The quantitative estimate of drug-likeness (QED) is 0.767. The molecule has 0 aliphatic carbocycles. The topological polar surface area (TPSA) is 56.3 Å². The van der Waals surface area contributed by atoms with Crippen molar-refractivity contribution in [3.8, 4) is 5.75 Å². The van der Waals surface area contributed by atoms with Gasteiger partial charge >= 0.3 is 0 Å². The molecule has 0 N–H and O–H groups in total. The van der Waals surface area contributed by atoms with Crippen LogP contribution in [-0.2, 0) is 14.8 Å². The first-order valence-corrected chi connectivity index (χ1v) is 6.74. The van der Waals surface area contributed by atoms with Crippen LogP contribution in [0.25, 0.3) is 0 Å². The second kappa shape index (κ2) is 4.37. The second-order valence-corrected chi connectivity index (χ2v) is 6.01. The second-order valence-electron chi connectivity index (χ2n) is 3.23. The SMILES string of the molecule is COc1c(C)cnc(CS(=O)(=O)Cl)c1C. The summed E-state index contributed by atoms with van der Waals surface area (Å²) in [7, 11) is 3.12. The highest BCUT2D eigenvalue weighted by atomic mass is 35.7. The molecule has 0 radical (unpaired) electrons. The first-order valence-electron chi connectivity index (χ1n) is 4.26. The average Bonchev–Trinajstić information content (AvgIpc) is 2.09. The molecule has 0 bridgehead atoms. The molecular weight excluding hydrogens is 238 g/mol. The van der Waals surface area contributed by atoms with Gasteiger partial charge in [0.2, 0.25) is 9.05 Å². The number of nitrogens with zero attached hydrogens (tertiary/aromatic N) is 1. The Morgan fingerprint density at radius 3 is 2.53 bits per heavy atom. The third-order valence-corrected chi connectivity index (χ3v) is 3.00. The van der Waals surface area contributed by atoms with E-state index in [1.165, 1.54) is 7.11 Å². The highest BCUT2D eigenvalue weighted by molar-refractivity contribution is 8.13. The number of halogens is 1. The first-order chi connectivity index (χ1) is 6.85. The molecule has 15 heavy (non-hydrogen) atoms. The summed E-state index contributed by atoms with van der Waals surface area (Å²) < 4.78 is 27.0. The molecule has 0 spiro atoms. The monoisotopic (exact) mass is 249 g/mol. The van der Waals surface area contributed by atoms with E-state index in [2.05, 4.69) is 4.98 Å². The van der Waals surface area contributed by atoms with Crippen LogP contribution >= 0.6 is 10.7 Å². The van der Waals surface area contributed by atoms with E-state index < -0.39 is 9.05 Å². The highest BCUT2D eigenvalue weighted by Crippen LogP contribution is 2.25. The number of ether oxygens (including phenoxy) is 1. The zero-order valence-electron chi connectivity index (χ0n) is 8.74. The molecule has 0 amide bonds. The fourth-order valence-electron chi connectivity index (χ4n) is 1.38. The van der Waals surface area contributed by atoms with Crippen molar-refractivity contribution in [2.45, 2.75) is 19.6 Å². The van der Waals surface area contributed by atoms with E-state index in [9.17, 15) is 8.42 Å². The maximum atomic E-state index is 10.9. The number of aromatic nitrogens is 1. The van der Waals surface area contributed by atoms with Crippen LogP contribution in [0.4, 0.5) is 0 Å². The fraction of sp³-hybridized carbons (Fsp3) is 0.444. The van der Waals surface area contributed by atoms with Crippen molar-refractivity contribution in [3.05, 3.63) is 23.0 Å². The Balaban J connectivity index is 3.22. The Bertz CT molecular complexity index is 470. The standard InChI is InChI=1S/C9H12ClNO3S/c1-6-4-11-8(5-15(10,12)13)7(2)9(6)14-3/h4H,5H2,1-3H3. The summed E-state index contributed by atoms with van der Waals surface area (Å²) >= 11 is 0. The molecule has 1 aromatic rings. The minimum absolute atomic E-state index is 0.281. The molecule has 0 aliphatic heterocycles. The van der Waals surface area contributed by atoms with Gasteiger partial charge < -0.3 is 4.74 Å². The molecule has 4 nitrogen and oxygen atoms in total. The molecule has 0 fully saturated rings. The minimum atomic E-state index is -3.58. The predicted molar refractivity (Wildman–Crippen MR) is 58.7 cm³/mol. The fourth-order valence-corrected chi connectivity index (χ4v) is 2.31. The van der Waals surface area contributed by atoms with Crippen molar-refractivity contribution in [2.75, 3.05) is 7.11 Å². The molecule has 84 valence electrons. The molecule has 6 heteroatoms. The van der Waals surface area contributed by atoms with E-state index in [0.29, 0.717) is 17.0 Å². The normalized spacial score (nSPS) is 11.5. The van der Waals surface area contributed by atoms with Gasteiger partial charge in [0.1, 0.15) is 11.5 Å². The van der Waals surface area contributed by atoms with Crippen LogP contribution in [-0.4, -0.2) is 20.5 Å². The minimum Gasteiger partial charge on any atom is -0.496 e. The van der Waals surface area contributed by atoms with E-state index in [0.717, 1.165) is 5.56 Å². The Hall–Kier alpha value is -0.810. The van der Waals surface area contributed by atoms with Gasteiger partial charge in [-0.1, -0.05) is 0 Å². The van der Waals surface area contributed by atoms with Gasteiger partial charge in [-0.2, -0.15) is 0 Å². The van der Waals surface area contributed by atoms with E-state index in [1.54, 1.807) is 13.1 Å². The Morgan fingerprint density at radius 1 is 1.47 bits per heavy atom. The summed E-state index contributed by atoms with van der Waals surface area (Å²) in [6.07, 6.45) is 1.57. The Kier molecular flexibility index (Phi) is 3.57. The lowest BCUT2D eigenvalue weighted by Gasteiger charge is -2.10. The molecule has 1 heterocycles. The molecule has 1 rings (SSSR count). The van der Waals surface area contributed by atoms with Crippen molar-refractivity contribution in [1.29, 1.82) is 0 Å². The summed E-state index contributed by atoms with van der Waals surface area (Å²) in [5, 5.41) is 0. The number of rotatable bonds is 3. The average molecular weight is 250 g/mol. The Morgan fingerprint density at radius 2 is 2.07 bits per heavy atom. The summed E-state index contributed by atoms with van der Waals surface area (Å²) in [6.45, 7) is 3.61. The van der Waals surface area contributed by atoms with Gasteiger partial charge in [-0.05, 0) is 13.8 Å². The van der Waals surface area contributed by atoms with Crippen LogP contribution in [0.2, 0.25) is 0 Å². The van der Waals surface area contributed by atoms with Gasteiger partial charge in [0, 0.05) is 28.0 Å². The zero-order valence-corrected chi connectivity index (χ0v) is 10.3. The summed E-state index contributed by atoms with van der Waals surface area (Å²) in [6, 6.07) is 0. The maximum Gasteiger partial charge on any atom is 0.238 e. The first kappa shape index (κ1) is 12.3. The molecular formula is C9H12ClNO3S. The number of hydrogen-bond acceptors (Lipinski definition) is 4. The van der Waals surface area contributed by atoms with Crippen molar-refractivity contribution in [3.63, 3.8) is 0 Å². The lowest BCUT2D eigenvalue weighted by Crippen LogP contribution is -2.03. The Labute approximate surface area is 93.7 Å². The summed E-state index contributed by atoms with van der Waals surface area (Å²) in [5.74, 6) is 0.372. The van der Waals surface area contributed by atoms with E-state index >= 15 is 0 Å². The van der Waals surface area contributed by atoms with Gasteiger partial charge in [0.15, 0.2) is 0 Å². The predicted octanol–water partition coefficient (Wildman–Crippen LogP) is 1.78. The molecule has 0 saturated carbocycles. The highest BCUT2D eigenvalue weighted by Gasteiger charge is 2.14. The number of hydrogen-bond donors (Lipinski definition) is 0. The number of pyridine rings is 1. The summed E-state index contributed by atoms with van der Waals surface area (Å²) in [4.78, 5) is 4.03. The van der Waals surface area contributed by atoms with Crippen LogP contribution in [0.15, 0.2) is 6.20 Å². The summed E-state index contributed by atoms with van der Waals surface area (Å²) in [5.41, 5.74) is 2.00. The van der Waals surface area contributed by atoms with Crippen molar-refractivity contribution in [1.82, 2.24) is 4.98 Å². The van der Waals surface area contributed by atoms with Crippen LogP contribution < -0.4 is 4.74 Å². The molecule has 0 aliphatic rings. The van der Waals surface area contributed by atoms with E-state index in [4.69, 9.17) is 15.4 Å². The van der Waals surface area contributed by atoms with Crippen molar-refractivity contribution in [2.24, 2.45) is 0 Å². The maximum absolute atomic E-state index is 10.9. The van der Waals surface area contributed by atoms with Gasteiger partial charge in [-0.3, -0.25) is 4.98 Å². The van der Waals surface area contributed by atoms with Crippen molar-refractivity contribution >= 4 is 19.7 Å². The third-order valence-electron chi connectivity index (χ3n) is 2.06. The number of methoxy groups -OCH3 is 1. The smallest absolute Gasteiger partial charge is 0.238 e. The van der Waals surface area contributed by atoms with Crippen molar-refractivity contribution < 1.29 is 13.2 Å². The number of aryl methyl sites for hydroxylation is 1. The van der Waals surface area contributed by atoms with Gasteiger partial charge in [0.05, 0.1) is 12.8 Å². The van der Waals surface area contributed by atoms with E-state index in [1.807, 2.05) is 6.92 Å². The lowest BCUT2D eigenvalue weighted by molar-refractivity contribution is 0.407. The van der Waals surface area contributed by atoms with Crippen LogP contribution in [0.3, 0.4) is 0 Å². The van der Waals surface area contributed by atoms with Gasteiger partial charge in [-0.25, -0.2) is 8.42 Å². The molecule has 0 atom stereocenters. The van der Waals surface area contributed by atoms with Gasteiger partial charge in [0.25, 0.3) is 0 Å². The molecule has 1 aromatic heterocycles.